The Morgan fingerprint density at radius 2 is 2.28 bits per heavy atom. The normalized spacial score (nSPS) is 9.61. The van der Waals surface area contributed by atoms with E-state index in [1.807, 2.05) is 12.1 Å². The molecule has 0 unspecified atom stereocenters. The maximum absolute atomic E-state index is 11.5. The Morgan fingerprint density at radius 1 is 1.50 bits per heavy atom. The van der Waals surface area contributed by atoms with Gasteiger partial charge in [-0.15, -0.1) is 6.58 Å². The second-order valence-corrected chi connectivity index (χ2v) is 3.79. The lowest BCUT2D eigenvalue weighted by atomic mass is 10.3. The molecule has 96 valence electrons. The van der Waals surface area contributed by atoms with E-state index in [1.54, 1.807) is 18.3 Å². The van der Waals surface area contributed by atoms with Crippen molar-refractivity contribution >= 4 is 11.8 Å². The van der Waals surface area contributed by atoms with Crippen molar-refractivity contribution in [1.29, 1.82) is 0 Å². The molecule has 1 rings (SSSR count). The number of hydrogen-bond donors (Lipinski definition) is 1. The van der Waals surface area contributed by atoms with Crippen molar-refractivity contribution < 1.29 is 9.59 Å². The quantitative estimate of drug-likeness (QED) is 0.754. The molecule has 0 aromatic carbocycles. The molecule has 0 saturated carbocycles. The number of nitrogens with one attached hydrogen (secondary N) is 1. The van der Waals surface area contributed by atoms with Gasteiger partial charge in [-0.05, 0) is 12.1 Å². The molecule has 0 atom stereocenters. The van der Waals surface area contributed by atoms with E-state index < -0.39 is 0 Å². The fraction of sp³-hybridized carbons (Fsp3) is 0.308. The van der Waals surface area contributed by atoms with Crippen LogP contribution >= 0.6 is 0 Å². The third-order valence-electron chi connectivity index (χ3n) is 2.30. The van der Waals surface area contributed by atoms with Crippen molar-refractivity contribution in [1.82, 2.24) is 15.2 Å². The van der Waals surface area contributed by atoms with Gasteiger partial charge in [-0.1, -0.05) is 12.1 Å². The molecule has 2 amide bonds. The highest BCUT2D eigenvalue weighted by molar-refractivity contribution is 5.83. The van der Waals surface area contributed by atoms with E-state index in [1.165, 1.54) is 11.8 Å². The number of amides is 2. The number of nitrogens with zero attached hydrogens (tertiary/aromatic N) is 2. The Labute approximate surface area is 107 Å². The fourth-order valence-electron chi connectivity index (χ4n) is 1.38. The number of pyridine rings is 1. The van der Waals surface area contributed by atoms with E-state index in [0.717, 1.165) is 5.69 Å². The predicted molar refractivity (Wildman–Crippen MR) is 68.5 cm³/mol. The number of rotatable bonds is 6. The molecule has 0 fully saturated rings. The van der Waals surface area contributed by atoms with Crippen LogP contribution in [0, 0.1) is 0 Å². The Bertz CT molecular complexity index is 418. The first-order chi connectivity index (χ1) is 8.63. The lowest BCUT2D eigenvalue weighted by molar-refractivity contribution is -0.134. The topological polar surface area (TPSA) is 62.3 Å². The van der Waals surface area contributed by atoms with Gasteiger partial charge < -0.3 is 10.2 Å². The Hall–Kier alpha value is -2.17. The minimum Gasteiger partial charge on any atom is -0.351 e. The van der Waals surface area contributed by atoms with Gasteiger partial charge in [-0.25, -0.2) is 0 Å². The minimum absolute atomic E-state index is 0.0275. The van der Waals surface area contributed by atoms with Gasteiger partial charge in [-0.2, -0.15) is 0 Å². The Morgan fingerprint density at radius 3 is 2.83 bits per heavy atom. The van der Waals surface area contributed by atoms with Crippen LogP contribution in [0.15, 0.2) is 37.1 Å². The molecule has 0 saturated heterocycles. The fourth-order valence-corrected chi connectivity index (χ4v) is 1.38. The maximum Gasteiger partial charge on any atom is 0.239 e. The largest absolute Gasteiger partial charge is 0.351 e. The van der Waals surface area contributed by atoms with E-state index in [-0.39, 0.29) is 18.4 Å². The number of hydrogen-bond acceptors (Lipinski definition) is 3. The van der Waals surface area contributed by atoms with Gasteiger partial charge in [0.05, 0.1) is 18.8 Å². The molecule has 1 aromatic rings. The molecule has 5 heteroatoms. The predicted octanol–water partition coefficient (Wildman–Crippen LogP) is 0.732. The van der Waals surface area contributed by atoms with Crippen molar-refractivity contribution in [3.05, 3.63) is 42.7 Å². The highest BCUT2D eigenvalue weighted by atomic mass is 16.2. The molecule has 0 radical (unpaired) electrons. The van der Waals surface area contributed by atoms with E-state index in [4.69, 9.17) is 0 Å². The van der Waals surface area contributed by atoms with Crippen LogP contribution in [0.25, 0.3) is 0 Å². The summed E-state index contributed by atoms with van der Waals surface area (Å²) in [6, 6.07) is 5.47. The summed E-state index contributed by atoms with van der Waals surface area (Å²) >= 11 is 0. The second-order valence-electron chi connectivity index (χ2n) is 3.79. The maximum atomic E-state index is 11.5. The van der Waals surface area contributed by atoms with Gasteiger partial charge in [0.2, 0.25) is 11.8 Å². The van der Waals surface area contributed by atoms with Crippen molar-refractivity contribution in [3.8, 4) is 0 Å². The first kappa shape index (κ1) is 13.9. The summed E-state index contributed by atoms with van der Waals surface area (Å²) in [6.45, 7) is 5.70. The van der Waals surface area contributed by atoms with Crippen LogP contribution < -0.4 is 5.32 Å². The molecule has 5 nitrogen and oxygen atoms in total. The van der Waals surface area contributed by atoms with Crippen LogP contribution in [0.2, 0.25) is 0 Å². The zero-order chi connectivity index (χ0) is 13.4. The summed E-state index contributed by atoms with van der Waals surface area (Å²) in [7, 11) is 0. The van der Waals surface area contributed by atoms with E-state index in [2.05, 4.69) is 16.9 Å². The van der Waals surface area contributed by atoms with Crippen LogP contribution in [0.4, 0.5) is 0 Å². The average Bonchev–Trinajstić information content (AvgIpc) is 2.36. The molecule has 18 heavy (non-hydrogen) atoms. The molecule has 0 aliphatic heterocycles. The molecule has 1 N–H and O–H groups in total. The van der Waals surface area contributed by atoms with Crippen LogP contribution in [0.3, 0.4) is 0 Å². The monoisotopic (exact) mass is 247 g/mol. The smallest absolute Gasteiger partial charge is 0.239 e. The summed E-state index contributed by atoms with van der Waals surface area (Å²) in [5.41, 5.74) is 0.754. The summed E-state index contributed by atoms with van der Waals surface area (Å²) in [5.74, 6) is -0.365. The minimum atomic E-state index is -0.207. The molecular formula is C13H17N3O2. The van der Waals surface area contributed by atoms with Crippen LogP contribution in [0.1, 0.15) is 12.6 Å². The van der Waals surface area contributed by atoms with Crippen LogP contribution in [0.5, 0.6) is 0 Å². The van der Waals surface area contributed by atoms with Crippen LogP contribution in [-0.2, 0) is 16.1 Å². The second kappa shape index (κ2) is 7.21. The first-order valence-corrected chi connectivity index (χ1v) is 5.66. The first-order valence-electron chi connectivity index (χ1n) is 5.66. The lowest BCUT2D eigenvalue weighted by Gasteiger charge is -2.19. The van der Waals surface area contributed by atoms with E-state index >= 15 is 0 Å². The van der Waals surface area contributed by atoms with E-state index in [9.17, 15) is 9.59 Å². The highest BCUT2D eigenvalue weighted by Gasteiger charge is 2.13. The van der Waals surface area contributed by atoms with E-state index in [0.29, 0.717) is 13.1 Å². The standard InChI is InChI=1S/C13H17N3O2/c1-3-7-15-13(18)10-16(11(2)17)9-12-6-4-5-8-14-12/h3-6,8H,1,7,9-10H2,2H3,(H,15,18). The molecule has 1 aromatic heterocycles. The highest BCUT2D eigenvalue weighted by Crippen LogP contribution is 2.01. The SMILES string of the molecule is C=CCNC(=O)CN(Cc1ccccn1)C(C)=O. The van der Waals surface area contributed by atoms with Gasteiger partial charge in [-0.3, -0.25) is 14.6 Å². The van der Waals surface area contributed by atoms with Crippen molar-refractivity contribution in [2.75, 3.05) is 13.1 Å². The average molecular weight is 247 g/mol. The number of carbonyl (C=O) groups excluding carboxylic acids is 2. The third-order valence-corrected chi connectivity index (χ3v) is 2.30. The summed E-state index contributed by atoms with van der Waals surface area (Å²) in [6.07, 6.45) is 3.25. The van der Waals surface area contributed by atoms with Gasteiger partial charge in [0.1, 0.15) is 0 Å². The molecule has 0 aliphatic carbocycles. The molecular weight excluding hydrogens is 230 g/mol. The van der Waals surface area contributed by atoms with Crippen molar-refractivity contribution in [3.63, 3.8) is 0 Å². The number of carbonyl (C=O) groups is 2. The molecule has 0 spiro atoms. The summed E-state index contributed by atoms with van der Waals surface area (Å²) in [5, 5.41) is 2.63. The van der Waals surface area contributed by atoms with Crippen LogP contribution in [-0.4, -0.2) is 34.8 Å². The third kappa shape index (κ3) is 4.78. The zero-order valence-corrected chi connectivity index (χ0v) is 10.4. The molecule has 0 bridgehead atoms. The Balaban J connectivity index is 2.58. The van der Waals surface area contributed by atoms with Gasteiger partial charge in [0.25, 0.3) is 0 Å². The summed E-state index contributed by atoms with van der Waals surface area (Å²) in [4.78, 5) is 28.6. The lowest BCUT2D eigenvalue weighted by Crippen LogP contribution is -2.39. The van der Waals surface area contributed by atoms with Gasteiger partial charge in [0, 0.05) is 19.7 Å². The molecule has 0 aliphatic rings. The van der Waals surface area contributed by atoms with Gasteiger partial charge in [0.15, 0.2) is 0 Å². The Kier molecular flexibility index (Phi) is 5.57. The van der Waals surface area contributed by atoms with Crippen molar-refractivity contribution in [2.45, 2.75) is 13.5 Å². The number of aromatic nitrogens is 1. The zero-order valence-electron chi connectivity index (χ0n) is 10.4. The summed E-state index contributed by atoms with van der Waals surface area (Å²) < 4.78 is 0. The van der Waals surface area contributed by atoms with Gasteiger partial charge >= 0.3 is 0 Å². The molecule has 1 heterocycles. The van der Waals surface area contributed by atoms with Crippen molar-refractivity contribution in [2.24, 2.45) is 0 Å².